The van der Waals surface area contributed by atoms with Gasteiger partial charge in [-0.15, -0.1) is 0 Å². The molecular weight excluding hydrogens is 265 g/mol. The number of aliphatic hydroxyl groups is 1. The standard InChI is InChI=1S/C14H18FNO4/c1-10(20-13-5-3-2-4-12(13)15)14(18)16-6-7-19-11(8-16)9-17/h2-5,10-11,17H,6-9H2,1H3. The second-order valence-electron chi connectivity index (χ2n) is 4.65. The number of halogens is 1. The van der Waals surface area contributed by atoms with Gasteiger partial charge in [0.25, 0.3) is 5.91 Å². The minimum Gasteiger partial charge on any atom is -0.478 e. The predicted octanol–water partition coefficient (Wildman–Crippen LogP) is 0.813. The van der Waals surface area contributed by atoms with Crippen LogP contribution in [0.3, 0.4) is 0 Å². The van der Waals surface area contributed by atoms with E-state index in [1.54, 1.807) is 24.0 Å². The van der Waals surface area contributed by atoms with Gasteiger partial charge in [0, 0.05) is 13.1 Å². The summed E-state index contributed by atoms with van der Waals surface area (Å²) in [7, 11) is 0. The normalized spacial score (nSPS) is 20.6. The maximum Gasteiger partial charge on any atom is 0.263 e. The van der Waals surface area contributed by atoms with E-state index in [2.05, 4.69) is 0 Å². The van der Waals surface area contributed by atoms with Crippen LogP contribution < -0.4 is 4.74 Å². The van der Waals surface area contributed by atoms with Gasteiger partial charge in [0.15, 0.2) is 17.7 Å². The third-order valence-corrected chi connectivity index (χ3v) is 3.14. The van der Waals surface area contributed by atoms with Gasteiger partial charge in [-0.3, -0.25) is 4.79 Å². The Bertz CT molecular complexity index is 468. The zero-order valence-corrected chi connectivity index (χ0v) is 11.3. The number of aliphatic hydroxyl groups excluding tert-OH is 1. The molecule has 1 saturated heterocycles. The molecule has 6 heteroatoms. The Hall–Kier alpha value is -1.66. The fraction of sp³-hybridized carbons (Fsp3) is 0.500. The Labute approximate surface area is 116 Å². The number of hydrogen-bond donors (Lipinski definition) is 1. The lowest BCUT2D eigenvalue weighted by Gasteiger charge is -2.33. The van der Waals surface area contributed by atoms with Crippen molar-refractivity contribution in [1.82, 2.24) is 4.90 Å². The van der Waals surface area contributed by atoms with E-state index in [9.17, 15) is 9.18 Å². The molecule has 1 aromatic rings. The van der Waals surface area contributed by atoms with Gasteiger partial charge in [-0.2, -0.15) is 0 Å². The highest BCUT2D eigenvalue weighted by atomic mass is 19.1. The summed E-state index contributed by atoms with van der Waals surface area (Å²) in [5.41, 5.74) is 0. The topological polar surface area (TPSA) is 59.0 Å². The summed E-state index contributed by atoms with van der Waals surface area (Å²) in [6, 6.07) is 5.96. The number of carbonyl (C=O) groups is 1. The zero-order valence-electron chi connectivity index (χ0n) is 11.3. The average molecular weight is 283 g/mol. The van der Waals surface area contributed by atoms with Gasteiger partial charge in [0.2, 0.25) is 0 Å². The summed E-state index contributed by atoms with van der Waals surface area (Å²) >= 11 is 0. The minimum absolute atomic E-state index is 0.0558. The number of carbonyl (C=O) groups excluding carboxylic acids is 1. The summed E-state index contributed by atoms with van der Waals surface area (Å²) in [6.45, 7) is 2.59. The molecule has 0 aliphatic carbocycles. The zero-order chi connectivity index (χ0) is 14.5. The van der Waals surface area contributed by atoms with E-state index in [0.29, 0.717) is 19.7 Å². The lowest BCUT2D eigenvalue weighted by Crippen LogP contribution is -2.50. The van der Waals surface area contributed by atoms with Gasteiger partial charge in [-0.25, -0.2) is 4.39 Å². The van der Waals surface area contributed by atoms with E-state index < -0.39 is 11.9 Å². The Morgan fingerprint density at radius 1 is 1.60 bits per heavy atom. The summed E-state index contributed by atoms with van der Waals surface area (Å²) in [5.74, 6) is -0.683. The molecule has 0 radical (unpaired) electrons. The molecule has 2 atom stereocenters. The van der Waals surface area contributed by atoms with Gasteiger partial charge in [-0.05, 0) is 19.1 Å². The summed E-state index contributed by atoms with van der Waals surface area (Å²) in [6.07, 6.45) is -1.15. The first-order valence-corrected chi connectivity index (χ1v) is 6.54. The lowest BCUT2D eigenvalue weighted by atomic mass is 10.2. The van der Waals surface area contributed by atoms with Crippen LogP contribution in [0.1, 0.15) is 6.92 Å². The van der Waals surface area contributed by atoms with Gasteiger partial charge < -0.3 is 19.5 Å². The number of para-hydroxylation sites is 1. The molecule has 20 heavy (non-hydrogen) atoms. The fourth-order valence-electron chi connectivity index (χ4n) is 2.07. The van der Waals surface area contributed by atoms with Crippen LogP contribution >= 0.6 is 0 Å². The Morgan fingerprint density at radius 3 is 3.05 bits per heavy atom. The van der Waals surface area contributed by atoms with Crippen molar-refractivity contribution in [2.45, 2.75) is 19.1 Å². The van der Waals surface area contributed by atoms with Crippen LogP contribution in [0.4, 0.5) is 4.39 Å². The molecule has 0 spiro atoms. The van der Waals surface area contributed by atoms with Crippen molar-refractivity contribution in [3.8, 4) is 5.75 Å². The number of ether oxygens (including phenoxy) is 2. The first-order valence-electron chi connectivity index (χ1n) is 6.54. The van der Waals surface area contributed by atoms with Crippen LogP contribution in [-0.2, 0) is 9.53 Å². The first kappa shape index (κ1) is 14.7. The average Bonchev–Trinajstić information content (AvgIpc) is 2.48. The number of nitrogens with zero attached hydrogens (tertiary/aromatic N) is 1. The lowest BCUT2D eigenvalue weighted by molar-refractivity contribution is -0.146. The van der Waals surface area contributed by atoms with Crippen molar-refractivity contribution in [2.24, 2.45) is 0 Å². The highest BCUT2D eigenvalue weighted by Gasteiger charge is 2.28. The molecule has 0 bridgehead atoms. The Balaban J connectivity index is 1.96. The number of rotatable bonds is 4. The molecule has 1 heterocycles. The SMILES string of the molecule is CC(Oc1ccccc1F)C(=O)N1CCOC(CO)C1. The summed E-state index contributed by atoms with van der Waals surface area (Å²) in [4.78, 5) is 13.8. The van der Waals surface area contributed by atoms with Crippen LogP contribution in [0.15, 0.2) is 24.3 Å². The van der Waals surface area contributed by atoms with E-state index in [4.69, 9.17) is 14.6 Å². The van der Waals surface area contributed by atoms with Crippen molar-refractivity contribution in [1.29, 1.82) is 0 Å². The van der Waals surface area contributed by atoms with Gasteiger partial charge in [0.05, 0.1) is 19.3 Å². The molecule has 1 aromatic carbocycles. The predicted molar refractivity (Wildman–Crippen MR) is 69.9 cm³/mol. The van der Waals surface area contributed by atoms with Crippen LogP contribution in [0.25, 0.3) is 0 Å². The molecule has 2 rings (SSSR count). The largest absolute Gasteiger partial charge is 0.478 e. The fourth-order valence-corrected chi connectivity index (χ4v) is 2.07. The number of benzene rings is 1. The summed E-state index contributed by atoms with van der Waals surface area (Å²) < 4.78 is 24.1. The van der Waals surface area contributed by atoms with E-state index in [1.807, 2.05) is 0 Å². The van der Waals surface area contributed by atoms with E-state index in [1.165, 1.54) is 12.1 Å². The first-order chi connectivity index (χ1) is 9.61. The van der Waals surface area contributed by atoms with Crippen molar-refractivity contribution in [3.05, 3.63) is 30.1 Å². The molecule has 2 unspecified atom stereocenters. The Morgan fingerprint density at radius 2 is 2.35 bits per heavy atom. The molecule has 1 fully saturated rings. The maximum atomic E-state index is 13.5. The quantitative estimate of drug-likeness (QED) is 0.888. The molecular formula is C14H18FNO4. The molecule has 0 saturated carbocycles. The second-order valence-corrected chi connectivity index (χ2v) is 4.65. The molecule has 5 nitrogen and oxygen atoms in total. The maximum absolute atomic E-state index is 13.5. The minimum atomic E-state index is -0.788. The molecule has 1 aliphatic heterocycles. The van der Waals surface area contributed by atoms with E-state index in [-0.39, 0.29) is 24.4 Å². The van der Waals surface area contributed by atoms with Crippen molar-refractivity contribution >= 4 is 5.91 Å². The monoisotopic (exact) mass is 283 g/mol. The van der Waals surface area contributed by atoms with Crippen LogP contribution in [-0.4, -0.2) is 54.4 Å². The molecule has 110 valence electrons. The van der Waals surface area contributed by atoms with Crippen molar-refractivity contribution in [3.63, 3.8) is 0 Å². The number of amides is 1. The van der Waals surface area contributed by atoms with E-state index >= 15 is 0 Å². The third kappa shape index (κ3) is 3.46. The van der Waals surface area contributed by atoms with Gasteiger partial charge in [0.1, 0.15) is 0 Å². The Kier molecular flexibility index (Phi) is 4.92. The molecule has 1 N–H and O–H groups in total. The van der Waals surface area contributed by atoms with Crippen molar-refractivity contribution in [2.75, 3.05) is 26.3 Å². The smallest absolute Gasteiger partial charge is 0.263 e. The van der Waals surface area contributed by atoms with Gasteiger partial charge >= 0.3 is 0 Å². The molecule has 1 aliphatic rings. The second kappa shape index (κ2) is 6.67. The molecule has 1 amide bonds. The van der Waals surface area contributed by atoms with Gasteiger partial charge in [-0.1, -0.05) is 12.1 Å². The van der Waals surface area contributed by atoms with Crippen molar-refractivity contribution < 1.29 is 23.8 Å². The highest BCUT2D eigenvalue weighted by Crippen LogP contribution is 2.18. The summed E-state index contributed by atoms with van der Waals surface area (Å²) in [5, 5.41) is 9.06. The third-order valence-electron chi connectivity index (χ3n) is 3.14. The van der Waals surface area contributed by atoms with Crippen LogP contribution in [0.5, 0.6) is 5.75 Å². The number of hydrogen-bond acceptors (Lipinski definition) is 4. The van der Waals surface area contributed by atoms with E-state index in [0.717, 1.165) is 0 Å². The number of morpholine rings is 1. The van der Waals surface area contributed by atoms with Crippen LogP contribution in [0, 0.1) is 5.82 Å². The highest BCUT2D eigenvalue weighted by molar-refractivity contribution is 5.81. The molecule has 0 aromatic heterocycles. The van der Waals surface area contributed by atoms with Crippen LogP contribution in [0.2, 0.25) is 0 Å².